The molecule has 0 N–H and O–H groups in total. The molecule has 24 heavy (non-hydrogen) atoms. The third-order valence-corrected chi connectivity index (χ3v) is 4.31. The normalized spacial score (nSPS) is 23.5. The lowest BCUT2D eigenvalue weighted by Crippen LogP contribution is -2.28. The molecular weight excluding hydrogens is 298 g/mol. The van der Waals surface area contributed by atoms with Crippen molar-refractivity contribution in [1.29, 1.82) is 5.26 Å². The van der Waals surface area contributed by atoms with Gasteiger partial charge < -0.3 is 0 Å². The highest BCUT2D eigenvalue weighted by Gasteiger charge is 2.35. The van der Waals surface area contributed by atoms with Gasteiger partial charge in [0.2, 0.25) is 0 Å². The number of hydrogen-bond donors (Lipinski definition) is 0. The lowest BCUT2D eigenvalue weighted by Gasteiger charge is -2.17. The maximum Gasteiger partial charge on any atom is 0.255 e. The summed E-state index contributed by atoms with van der Waals surface area (Å²) in [5, 5.41) is 15.0. The molecule has 120 valence electrons. The van der Waals surface area contributed by atoms with E-state index >= 15 is 0 Å². The second-order valence-corrected chi connectivity index (χ2v) is 6.00. The zero-order chi connectivity index (χ0) is 16.9. The van der Waals surface area contributed by atoms with Crippen LogP contribution in [0, 0.1) is 23.2 Å². The first-order valence-electron chi connectivity index (χ1n) is 8.07. The molecule has 0 aromatic rings. The van der Waals surface area contributed by atoms with E-state index in [4.69, 9.17) is 5.26 Å². The monoisotopic (exact) mass is 317 g/mol. The number of allylic oxidation sites excluding steroid dienone is 11. The number of amides is 1. The van der Waals surface area contributed by atoms with E-state index in [9.17, 15) is 4.79 Å². The van der Waals surface area contributed by atoms with Gasteiger partial charge in [-0.05, 0) is 37.5 Å². The fraction of sp³-hybridized carbons (Fsp3) is 0.250. The SMILES string of the molecule is CC1=NN(C2=CC=C(C#N)C=CC2)C(=O)C1CC1C=CC=CC=C1. The van der Waals surface area contributed by atoms with Crippen LogP contribution in [0.2, 0.25) is 0 Å². The molecule has 3 aliphatic rings. The van der Waals surface area contributed by atoms with E-state index in [1.165, 1.54) is 5.01 Å². The van der Waals surface area contributed by atoms with Crippen LogP contribution in [0.15, 0.2) is 77.1 Å². The molecule has 2 aliphatic carbocycles. The van der Waals surface area contributed by atoms with Crippen molar-refractivity contribution in [2.75, 3.05) is 0 Å². The van der Waals surface area contributed by atoms with Crippen molar-refractivity contribution >= 4 is 11.6 Å². The molecule has 0 aromatic heterocycles. The minimum absolute atomic E-state index is 0.0139. The number of hydrazone groups is 1. The predicted octanol–water partition coefficient (Wildman–Crippen LogP) is 3.80. The van der Waals surface area contributed by atoms with Gasteiger partial charge in [0.05, 0.1) is 17.6 Å². The summed E-state index contributed by atoms with van der Waals surface area (Å²) in [5.74, 6) is 0.0436. The Hall–Kier alpha value is -2.93. The number of nitriles is 1. The molecule has 1 heterocycles. The maximum absolute atomic E-state index is 12.8. The molecule has 0 fully saturated rings. The van der Waals surface area contributed by atoms with Crippen molar-refractivity contribution in [3.8, 4) is 6.07 Å². The van der Waals surface area contributed by atoms with Gasteiger partial charge >= 0.3 is 0 Å². The van der Waals surface area contributed by atoms with Gasteiger partial charge in [0.1, 0.15) is 0 Å². The van der Waals surface area contributed by atoms with Crippen LogP contribution in [0.4, 0.5) is 0 Å². The average molecular weight is 317 g/mol. The van der Waals surface area contributed by atoms with Crippen molar-refractivity contribution in [3.05, 3.63) is 72.0 Å². The van der Waals surface area contributed by atoms with Crippen LogP contribution in [-0.2, 0) is 4.79 Å². The van der Waals surface area contributed by atoms with Crippen LogP contribution < -0.4 is 0 Å². The Kier molecular flexibility index (Phi) is 4.72. The molecule has 1 unspecified atom stereocenters. The van der Waals surface area contributed by atoms with Crippen LogP contribution in [0.1, 0.15) is 19.8 Å². The van der Waals surface area contributed by atoms with Crippen molar-refractivity contribution in [2.45, 2.75) is 19.8 Å². The molecule has 4 heteroatoms. The maximum atomic E-state index is 12.8. The summed E-state index contributed by atoms with van der Waals surface area (Å²) in [4.78, 5) is 12.8. The molecule has 0 spiro atoms. The smallest absolute Gasteiger partial charge is 0.255 e. The lowest BCUT2D eigenvalue weighted by atomic mass is 9.90. The molecular formula is C20H19N3O. The van der Waals surface area contributed by atoms with Crippen molar-refractivity contribution < 1.29 is 4.79 Å². The van der Waals surface area contributed by atoms with Gasteiger partial charge in [-0.2, -0.15) is 10.4 Å². The largest absolute Gasteiger partial charge is 0.272 e. The molecule has 0 radical (unpaired) electrons. The van der Waals surface area contributed by atoms with Gasteiger partial charge in [0, 0.05) is 17.8 Å². The molecule has 1 amide bonds. The number of nitrogens with zero attached hydrogens (tertiary/aromatic N) is 3. The van der Waals surface area contributed by atoms with Crippen LogP contribution in [0.5, 0.6) is 0 Å². The first kappa shape index (κ1) is 15.9. The highest BCUT2D eigenvalue weighted by molar-refractivity contribution is 6.07. The first-order valence-corrected chi connectivity index (χ1v) is 8.07. The third-order valence-electron chi connectivity index (χ3n) is 4.31. The van der Waals surface area contributed by atoms with Crippen molar-refractivity contribution in [2.24, 2.45) is 16.9 Å². The fourth-order valence-corrected chi connectivity index (χ4v) is 2.96. The van der Waals surface area contributed by atoms with Gasteiger partial charge in [0.15, 0.2) is 0 Å². The third kappa shape index (κ3) is 3.36. The Morgan fingerprint density at radius 1 is 1.25 bits per heavy atom. The topological polar surface area (TPSA) is 56.5 Å². The zero-order valence-corrected chi connectivity index (χ0v) is 13.6. The van der Waals surface area contributed by atoms with Crippen molar-refractivity contribution in [1.82, 2.24) is 5.01 Å². The Morgan fingerprint density at radius 2 is 2.00 bits per heavy atom. The summed E-state index contributed by atoms with van der Waals surface area (Å²) in [6.45, 7) is 1.91. The van der Waals surface area contributed by atoms with Crippen LogP contribution in [0.25, 0.3) is 0 Å². The van der Waals surface area contributed by atoms with Crippen molar-refractivity contribution in [3.63, 3.8) is 0 Å². The quantitative estimate of drug-likeness (QED) is 0.795. The Balaban J connectivity index is 1.76. The second-order valence-electron chi connectivity index (χ2n) is 6.00. The van der Waals surface area contributed by atoms with Gasteiger partial charge in [-0.1, -0.05) is 42.5 Å². The highest BCUT2D eigenvalue weighted by atomic mass is 16.2. The predicted molar refractivity (Wildman–Crippen MR) is 94.5 cm³/mol. The molecule has 4 nitrogen and oxygen atoms in total. The number of carbonyl (C=O) groups is 1. The van der Waals surface area contributed by atoms with Gasteiger partial charge in [-0.15, -0.1) is 0 Å². The summed E-state index contributed by atoms with van der Waals surface area (Å²) in [7, 11) is 0. The van der Waals surface area contributed by atoms with E-state index in [1.807, 2.05) is 43.4 Å². The van der Waals surface area contributed by atoms with Gasteiger partial charge in [-0.3, -0.25) is 4.79 Å². The lowest BCUT2D eigenvalue weighted by molar-refractivity contribution is -0.130. The number of rotatable bonds is 3. The molecule has 0 saturated carbocycles. The number of hydrogen-bond acceptors (Lipinski definition) is 3. The minimum atomic E-state index is -0.199. The Labute approximate surface area is 142 Å². The zero-order valence-electron chi connectivity index (χ0n) is 13.6. The van der Waals surface area contributed by atoms with E-state index in [2.05, 4.69) is 23.3 Å². The van der Waals surface area contributed by atoms with Gasteiger partial charge in [-0.25, -0.2) is 5.01 Å². The van der Waals surface area contributed by atoms with E-state index < -0.39 is 0 Å². The standard InChI is InChI=1S/C20H19N3O/c1-15-19(13-16-7-4-2-3-5-8-16)20(24)23(22-15)18-10-6-9-17(14-21)11-12-18/h2-9,11-12,16,19H,10,13H2,1H3. The van der Waals surface area contributed by atoms with E-state index in [-0.39, 0.29) is 17.7 Å². The molecule has 0 aromatic carbocycles. The first-order chi connectivity index (χ1) is 11.7. The summed E-state index contributed by atoms with van der Waals surface area (Å²) < 4.78 is 0. The van der Waals surface area contributed by atoms with E-state index in [1.54, 1.807) is 12.2 Å². The molecule has 1 aliphatic heterocycles. The fourth-order valence-electron chi connectivity index (χ4n) is 2.96. The molecule has 0 bridgehead atoms. The summed E-state index contributed by atoms with van der Waals surface area (Å²) in [5.41, 5.74) is 2.23. The van der Waals surface area contributed by atoms with Crippen LogP contribution in [0.3, 0.4) is 0 Å². The highest BCUT2D eigenvalue weighted by Crippen LogP contribution is 2.29. The summed E-state index contributed by atoms with van der Waals surface area (Å²) in [6.07, 6.45) is 20.7. The van der Waals surface area contributed by atoms with Crippen LogP contribution in [-0.4, -0.2) is 16.6 Å². The second kappa shape index (κ2) is 7.10. The molecule has 3 rings (SSSR count). The molecule has 0 saturated heterocycles. The summed E-state index contributed by atoms with van der Waals surface area (Å²) >= 11 is 0. The Morgan fingerprint density at radius 3 is 2.71 bits per heavy atom. The molecule has 1 atom stereocenters. The summed E-state index contributed by atoms with van der Waals surface area (Å²) in [6, 6.07) is 2.11. The Bertz CT molecular complexity index is 768. The average Bonchev–Trinajstić information content (AvgIpc) is 2.86. The van der Waals surface area contributed by atoms with Gasteiger partial charge in [0.25, 0.3) is 5.91 Å². The van der Waals surface area contributed by atoms with E-state index in [0.29, 0.717) is 12.0 Å². The van der Waals surface area contributed by atoms with E-state index in [0.717, 1.165) is 17.8 Å². The van der Waals surface area contributed by atoms with Crippen LogP contribution >= 0.6 is 0 Å². The minimum Gasteiger partial charge on any atom is -0.272 e. The number of carbonyl (C=O) groups excluding carboxylic acids is 1.